The van der Waals surface area contributed by atoms with Crippen LogP contribution in [0.2, 0.25) is 0 Å². The van der Waals surface area contributed by atoms with Crippen LogP contribution in [0.3, 0.4) is 0 Å². The van der Waals surface area contributed by atoms with Gasteiger partial charge in [-0.05, 0) is 68.9 Å². The summed E-state index contributed by atoms with van der Waals surface area (Å²) in [6.07, 6.45) is 3.57. The molecule has 1 amide bonds. The van der Waals surface area contributed by atoms with Gasteiger partial charge in [-0.3, -0.25) is 9.78 Å². The number of alkyl halides is 3. The van der Waals surface area contributed by atoms with Crippen LogP contribution >= 0.6 is 0 Å². The van der Waals surface area contributed by atoms with Crippen LogP contribution in [0.25, 0.3) is 0 Å². The molecule has 1 aliphatic carbocycles. The van der Waals surface area contributed by atoms with Crippen LogP contribution in [0.1, 0.15) is 57.6 Å². The number of aromatic nitrogens is 1. The third kappa shape index (κ3) is 4.66. The van der Waals surface area contributed by atoms with Crippen molar-refractivity contribution >= 4 is 11.6 Å². The number of rotatable bonds is 6. The van der Waals surface area contributed by atoms with E-state index in [1.165, 1.54) is 6.20 Å². The molecular formula is C26H36F3N3O3. The first kappa shape index (κ1) is 24.8. The Bertz CT molecular complexity index is 929. The fourth-order valence-corrected chi connectivity index (χ4v) is 7.11. The van der Waals surface area contributed by atoms with Gasteiger partial charge in [0.2, 0.25) is 5.91 Å². The van der Waals surface area contributed by atoms with Gasteiger partial charge in [0.1, 0.15) is 5.69 Å². The predicted molar refractivity (Wildman–Crippen MR) is 125 cm³/mol. The quantitative estimate of drug-likeness (QED) is 0.581. The smallest absolute Gasteiger partial charge is 0.379 e. The highest BCUT2D eigenvalue weighted by atomic mass is 19.4. The van der Waals surface area contributed by atoms with Gasteiger partial charge in [-0.15, -0.1) is 0 Å². The van der Waals surface area contributed by atoms with E-state index in [9.17, 15) is 18.0 Å². The monoisotopic (exact) mass is 495 g/mol. The fourth-order valence-electron chi connectivity index (χ4n) is 7.11. The Morgan fingerprint density at radius 1 is 1.29 bits per heavy atom. The van der Waals surface area contributed by atoms with Crippen molar-refractivity contribution in [2.75, 3.05) is 38.3 Å². The van der Waals surface area contributed by atoms with Crippen LogP contribution in [0.5, 0.6) is 0 Å². The van der Waals surface area contributed by atoms with Gasteiger partial charge in [0, 0.05) is 50.1 Å². The van der Waals surface area contributed by atoms with E-state index in [4.69, 9.17) is 9.47 Å². The Hall–Kier alpha value is -1.87. The number of amides is 1. The second kappa shape index (κ2) is 9.54. The summed E-state index contributed by atoms with van der Waals surface area (Å²) in [6, 6.07) is 2.89. The van der Waals surface area contributed by atoms with Crippen LogP contribution in [-0.4, -0.2) is 67.4 Å². The number of ether oxygens (including phenoxy) is 2. The molecule has 35 heavy (non-hydrogen) atoms. The van der Waals surface area contributed by atoms with Gasteiger partial charge < -0.3 is 19.3 Å². The Morgan fingerprint density at radius 3 is 2.80 bits per heavy atom. The lowest BCUT2D eigenvalue weighted by Gasteiger charge is -2.40. The van der Waals surface area contributed by atoms with Crippen molar-refractivity contribution in [1.29, 1.82) is 0 Å². The van der Waals surface area contributed by atoms with Crippen LogP contribution in [0, 0.1) is 17.3 Å². The summed E-state index contributed by atoms with van der Waals surface area (Å²) in [5.74, 6) is 1.27. The molecular weight excluding hydrogens is 459 g/mol. The number of likely N-dealkylation sites (tertiary alicyclic amines) is 1. The molecule has 3 aliphatic heterocycles. The van der Waals surface area contributed by atoms with E-state index < -0.39 is 11.9 Å². The number of halogens is 3. The molecule has 1 aromatic heterocycles. The van der Waals surface area contributed by atoms with E-state index in [-0.39, 0.29) is 29.5 Å². The number of piperazine rings is 1. The minimum atomic E-state index is -4.46. The maximum absolute atomic E-state index is 13.9. The average Bonchev–Trinajstić information content (AvgIpc) is 3.58. The Morgan fingerprint density at radius 2 is 2.11 bits per heavy atom. The van der Waals surface area contributed by atoms with Crippen molar-refractivity contribution in [2.45, 2.75) is 76.2 Å². The zero-order valence-corrected chi connectivity index (χ0v) is 20.6. The number of anilines is 1. The van der Waals surface area contributed by atoms with Crippen LogP contribution in [0.15, 0.2) is 18.3 Å². The molecule has 0 aromatic carbocycles. The number of nitrogens with zero attached hydrogens (tertiary/aromatic N) is 3. The van der Waals surface area contributed by atoms with Crippen LogP contribution in [0.4, 0.5) is 18.9 Å². The minimum absolute atomic E-state index is 0.0586. The summed E-state index contributed by atoms with van der Waals surface area (Å²) in [6.45, 7) is 4.73. The molecule has 6 nitrogen and oxygen atoms in total. The van der Waals surface area contributed by atoms with Crippen LogP contribution < -0.4 is 4.90 Å². The largest absolute Gasteiger partial charge is 0.433 e. The highest BCUT2D eigenvalue weighted by Gasteiger charge is 2.52. The summed E-state index contributed by atoms with van der Waals surface area (Å²) >= 11 is 0. The van der Waals surface area contributed by atoms with Gasteiger partial charge in [-0.2, -0.15) is 13.2 Å². The second-order valence-electron chi connectivity index (χ2n) is 10.9. The molecule has 5 rings (SSSR count). The maximum atomic E-state index is 13.9. The van der Waals surface area contributed by atoms with Crippen LogP contribution in [-0.2, 0) is 20.4 Å². The van der Waals surface area contributed by atoms with E-state index in [2.05, 4.69) is 11.9 Å². The average molecular weight is 496 g/mol. The lowest BCUT2D eigenvalue weighted by Crippen LogP contribution is -2.53. The molecule has 2 bridgehead atoms. The van der Waals surface area contributed by atoms with E-state index in [1.54, 1.807) is 13.2 Å². The SMILES string of the molecule is CC[C@]1(C(=O)N2C[C@@H]3C[C@H]2CN3c2ccnc(C(F)(F)F)c2)CC[C@@H](C[C@H]2CCOC[C@H]2OC)C1. The summed E-state index contributed by atoms with van der Waals surface area (Å²) in [7, 11) is 1.75. The first-order valence-corrected chi connectivity index (χ1v) is 13.0. The summed E-state index contributed by atoms with van der Waals surface area (Å²) in [5, 5.41) is 0. The Kier molecular flexibility index (Phi) is 6.76. The number of carbonyl (C=O) groups excluding carboxylic acids is 1. The molecule has 1 aromatic rings. The van der Waals surface area contributed by atoms with Crippen molar-refractivity contribution in [2.24, 2.45) is 17.3 Å². The molecule has 194 valence electrons. The number of fused-ring (bicyclic) bond motifs is 2. The third-order valence-corrected chi connectivity index (χ3v) is 9.09. The standard InChI is InChI=1S/C26H36F3N3O3/c1-3-25(7-4-17(13-25)10-18-6-9-35-16-22(18)34-2)24(33)32-15-20-11-21(32)14-31(20)19-5-8-30-23(12-19)26(27,28)29/h5,8,12,17-18,20-22H,3-4,6-7,9-11,13-16H2,1-2H3/t17-,18+,20-,21-,22+,25-/m0/s1. The van der Waals surface area contributed by atoms with E-state index >= 15 is 0 Å². The topological polar surface area (TPSA) is 54.9 Å². The van der Waals surface area contributed by atoms with E-state index in [1.807, 2.05) is 9.80 Å². The fraction of sp³-hybridized carbons (Fsp3) is 0.769. The molecule has 6 atom stereocenters. The molecule has 0 radical (unpaired) electrons. The number of methoxy groups -OCH3 is 1. The van der Waals surface area contributed by atoms with Gasteiger partial charge in [-0.1, -0.05) is 6.92 Å². The maximum Gasteiger partial charge on any atom is 0.433 e. The third-order valence-electron chi connectivity index (χ3n) is 9.09. The van der Waals surface area contributed by atoms with E-state index in [0.717, 1.165) is 57.6 Å². The molecule has 4 aliphatic rings. The predicted octanol–water partition coefficient (Wildman–Crippen LogP) is 4.53. The number of pyridine rings is 1. The highest BCUT2D eigenvalue weighted by Crippen LogP contribution is 2.50. The molecule has 3 saturated heterocycles. The summed E-state index contributed by atoms with van der Waals surface area (Å²) in [5.41, 5.74) is -0.636. The van der Waals surface area contributed by atoms with E-state index in [0.29, 0.717) is 37.2 Å². The van der Waals surface area contributed by atoms with Crippen molar-refractivity contribution in [3.63, 3.8) is 0 Å². The molecule has 9 heteroatoms. The highest BCUT2D eigenvalue weighted by molar-refractivity contribution is 5.84. The number of carbonyl (C=O) groups is 1. The van der Waals surface area contributed by atoms with Gasteiger partial charge in [0.05, 0.1) is 18.8 Å². The van der Waals surface area contributed by atoms with Gasteiger partial charge >= 0.3 is 6.18 Å². The van der Waals surface area contributed by atoms with Crippen molar-refractivity contribution in [3.8, 4) is 0 Å². The normalized spacial score (nSPS) is 35.2. The zero-order chi connectivity index (χ0) is 24.8. The lowest BCUT2D eigenvalue weighted by molar-refractivity contribution is -0.143. The van der Waals surface area contributed by atoms with Gasteiger partial charge in [-0.25, -0.2) is 0 Å². The molecule has 4 heterocycles. The van der Waals surface area contributed by atoms with Crippen molar-refractivity contribution in [1.82, 2.24) is 9.88 Å². The first-order valence-electron chi connectivity index (χ1n) is 13.0. The molecule has 0 spiro atoms. The summed E-state index contributed by atoms with van der Waals surface area (Å²) < 4.78 is 50.7. The number of hydrogen-bond acceptors (Lipinski definition) is 5. The molecule has 0 unspecified atom stereocenters. The van der Waals surface area contributed by atoms with Gasteiger partial charge in [0.15, 0.2) is 0 Å². The molecule has 1 saturated carbocycles. The first-order chi connectivity index (χ1) is 16.7. The lowest BCUT2D eigenvalue weighted by atomic mass is 9.79. The molecule has 0 N–H and O–H groups in total. The van der Waals surface area contributed by atoms with Crippen molar-refractivity contribution < 1.29 is 27.4 Å². The molecule has 4 fully saturated rings. The second-order valence-corrected chi connectivity index (χ2v) is 10.9. The van der Waals surface area contributed by atoms with Crippen molar-refractivity contribution in [3.05, 3.63) is 24.0 Å². The Balaban J connectivity index is 1.23. The zero-order valence-electron chi connectivity index (χ0n) is 20.6. The van der Waals surface area contributed by atoms with Gasteiger partial charge in [0.25, 0.3) is 0 Å². The Labute approximate surface area is 205 Å². The number of hydrogen-bond donors (Lipinski definition) is 0. The summed E-state index contributed by atoms with van der Waals surface area (Å²) in [4.78, 5) is 21.4. The minimum Gasteiger partial charge on any atom is -0.379 e.